The fraction of sp³-hybridized carbons (Fsp3) is 0.545. The lowest BCUT2D eigenvalue weighted by Gasteiger charge is -2.26. The Bertz CT molecular complexity index is 304. The third-order valence-corrected chi connectivity index (χ3v) is 2.39. The molecule has 4 nitrogen and oxygen atoms in total. The second-order valence-electron chi connectivity index (χ2n) is 3.45. The number of likely N-dealkylation sites (N-methyl/N-ethyl adjacent to an activating group) is 1. The molecule has 1 heterocycles. The molecule has 2 N–H and O–H groups in total. The quantitative estimate of drug-likeness (QED) is 0.793. The minimum absolute atomic E-state index is 0.249. The lowest BCUT2D eigenvalue weighted by atomic mass is 10.3. The van der Waals surface area contributed by atoms with Gasteiger partial charge in [0.1, 0.15) is 0 Å². The number of nitrogens with two attached hydrogens (primary N) is 1. The lowest BCUT2D eigenvalue weighted by molar-refractivity contribution is 0.338. The van der Waals surface area contributed by atoms with Crippen LogP contribution in [0.25, 0.3) is 0 Å². The van der Waals surface area contributed by atoms with Crippen LogP contribution in [0.15, 0.2) is 18.3 Å². The van der Waals surface area contributed by atoms with Gasteiger partial charge in [0, 0.05) is 25.8 Å². The lowest BCUT2D eigenvalue weighted by Crippen LogP contribution is -2.36. The molecule has 84 valence electrons. The summed E-state index contributed by atoms with van der Waals surface area (Å²) < 4.78 is 5.51. The van der Waals surface area contributed by atoms with Crippen molar-refractivity contribution in [3.63, 3.8) is 0 Å². The Labute approximate surface area is 91.1 Å². The van der Waals surface area contributed by atoms with E-state index in [1.807, 2.05) is 31.0 Å². The zero-order chi connectivity index (χ0) is 11.3. The van der Waals surface area contributed by atoms with Crippen molar-refractivity contribution in [2.75, 3.05) is 25.1 Å². The number of aromatic nitrogens is 1. The molecular weight excluding hydrogens is 190 g/mol. The van der Waals surface area contributed by atoms with Crippen molar-refractivity contribution in [1.82, 2.24) is 4.98 Å². The first-order valence-electron chi connectivity index (χ1n) is 5.21. The fourth-order valence-electron chi connectivity index (χ4n) is 1.28. The first-order valence-corrected chi connectivity index (χ1v) is 5.21. The van der Waals surface area contributed by atoms with Gasteiger partial charge in [-0.3, -0.25) is 0 Å². The van der Waals surface area contributed by atoms with E-state index in [9.17, 15) is 0 Å². The molecule has 0 saturated carbocycles. The zero-order valence-electron chi connectivity index (χ0n) is 9.60. The first-order chi connectivity index (χ1) is 7.20. The monoisotopic (exact) mass is 209 g/mol. The normalized spacial score (nSPS) is 12.3. The van der Waals surface area contributed by atoms with E-state index in [-0.39, 0.29) is 6.04 Å². The van der Waals surface area contributed by atoms with Gasteiger partial charge >= 0.3 is 0 Å². The summed E-state index contributed by atoms with van der Waals surface area (Å²) in [6, 6.07) is 4.04. The molecule has 0 saturated heterocycles. The predicted molar refractivity (Wildman–Crippen MR) is 62.3 cm³/mol. The van der Waals surface area contributed by atoms with Gasteiger partial charge in [-0.1, -0.05) is 0 Å². The molecule has 0 fully saturated rings. The molecule has 15 heavy (non-hydrogen) atoms. The topological polar surface area (TPSA) is 51.4 Å². The maximum atomic E-state index is 5.62. The summed E-state index contributed by atoms with van der Waals surface area (Å²) in [4.78, 5) is 6.34. The molecule has 1 rings (SSSR count). The Balaban J connectivity index is 2.91. The number of hydrogen-bond acceptors (Lipinski definition) is 4. The fourth-order valence-corrected chi connectivity index (χ4v) is 1.28. The van der Waals surface area contributed by atoms with Gasteiger partial charge in [-0.15, -0.1) is 0 Å². The van der Waals surface area contributed by atoms with Crippen molar-refractivity contribution < 1.29 is 4.74 Å². The number of ether oxygens (including phenoxy) is 1. The second kappa shape index (κ2) is 5.56. The average molecular weight is 209 g/mol. The van der Waals surface area contributed by atoms with Crippen molar-refractivity contribution in [3.05, 3.63) is 18.3 Å². The zero-order valence-corrected chi connectivity index (χ0v) is 9.60. The van der Waals surface area contributed by atoms with Gasteiger partial charge in [0.25, 0.3) is 0 Å². The maximum absolute atomic E-state index is 5.62. The van der Waals surface area contributed by atoms with E-state index < -0.39 is 0 Å². The van der Waals surface area contributed by atoms with Crippen LogP contribution >= 0.6 is 0 Å². The van der Waals surface area contributed by atoms with Crippen LogP contribution in [0.2, 0.25) is 0 Å². The highest BCUT2D eigenvalue weighted by Crippen LogP contribution is 2.25. The highest BCUT2D eigenvalue weighted by Gasteiger charge is 2.13. The Morgan fingerprint density at radius 2 is 2.33 bits per heavy atom. The van der Waals surface area contributed by atoms with Crippen LogP contribution in [-0.4, -0.2) is 31.2 Å². The van der Waals surface area contributed by atoms with Crippen LogP contribution in [0.1, 0.15) is 13.8 Å². The minimum Gasteiger partial charge on any atom is -0.490 e. The Hall–Kier alpha value is -1.29. The van der Waals surface area contributed by atoms with Crippen molar-refractivity contribution >= 4 is 5.82 Å². The van der Waals surface area contributed by atoms with E-state index in [0.717, 1.165) is 11.6 Å². The molecule has 1 unspecified atom stereocenters. The summed E-state index contributed by atoms with van der Waals surface area (Å²) in [6.07, 6.45) is 1.76. The molecule has 0 spiro atoms. The molecule has 0 aliphatic carbocycles. The Kier molecular flexibility index (Phi) is 4.37. The van der Waals surface area contributed by atoms with Crippen LogP contribution in [0.5, 0.6) is 5.75 Å². The highest BCUT2D eigenvalue weighted by atomic mass is 16.5. The third kappa shape index (κ3) is 2.83. The van der Waals surface area contributed by atoms with E-state index in [1.165, 1.54) is 0 Å². The van der Waals surface area contributed by atoms with Gasteiger partial charge in [-0.25, -0.2) is 4.98 Å². The van der Waals surface area contributed by atoms with Gasteiger partial charge in [0.15, 0.2) is 11.6 Å². The molecule has 1 aromatic rings. The standard InChI is InChI=1S/C11H19N3O/c1-4-15-10-6-5-7-13-11(10)14(3)9(2)8-12/h5-7,9H,4,8,12H2,1-3H3. The van der Waals surface area contributed by atoms with E-state index in [1.54, 1.807) is 6.20 Å². The second-order valence-corrected chi connectivity index (χ2v) is 3.45. The van der Waals surface area contributed by atoms with Gasteiger partial charge in [0.2, 0.25) is 0 Å². The molecule has 1 atom stereocenters. The molecule has 0 aliphatic rings. The molecule has 0 aliphatic heterocycles. The van der Waals surface area contributed by atoms with Gasteiger partial charge < -0.3 is 15.4 Å². The van der Waals surface area contributed by atoms with Crippen molar-refractivity contribution in [1.29, 1.82) is 0 Å². The Morgan fingerprint density at radius 1 is 1.60 bits per heavy atom. The van der Waals surface area contributed by atoms with Crippen LogP contribution < -0.4 is 15.4 Å². The molecule has 0 amide bonds. The number of hydrogen-bond donors (Lipinski definition) is 1. The summed E-state index contributed by atoms with van der Waals surface area (Å²) in [5, 5.41) is 0. The summed E-state index contributed by atoms with van der Waals surface area (Å²) in [7, 11) is 1.97. The highest BCUT2D eigenvalue weighted by molar-refractivity contribution is 5.52. The summed E-state index contributed by atoms with van der Waals surface area (Å²) in [6.45, 7) is 5.26. The van der Waals surface area contributed by atoms with Gasteiger partial charge in [-0.2, -0.15) is 0 Å². The summed E-state index contributed by atoms with van der Waals surface area (Å²) in [5.74, 6) is 1.65. The number of rotatable bonds is 5. The van der Waals surface area contributed by atoms with Crippen LogP contribution in [0, 0.1) is 0 Å². The van der Waals surface area contributed by atoms with Gasteiger partial charge in [0.05, 0.1) is 6.61 Å². The summed E-state index contributed by atoms with van der Waals surface area (Å²) >= 11 is 0. The molecule has 1 aromatic heterocycles. The minimum atomic E-state index is 0.249. The first kappa shape index (κ1) is 11.8. The van der Waals surface area contributed by atoms with Crippen LogP contribution in [-0.2, 0) is 0 Å². The maximum Gasteiger partial charge on any atom is 0.171 e. The number of pyridine rings is 1. The van der Waals surface area contributed by atoms with Crippen molar-refractivity contribution in [2.24, 2.45) is 5.73 Å². The average Bonchev–Trinajstić information content (AvgIpc) is 2.28. The Morgan fingerprint density at radius 3 is 2.93 bits per heavy atom. The van der Waals surface area contributed by atoms with Crippen LogP contribution in [0.3, 0.4) is 0 Å². The smallest absolute Gasteiger partial charge is 0.171 e. The number of nitrogens with zero attached hydrogens (tertiary/aromatic N) is 2. The SMILES string of the molecule is CCOc1cccnc1N(C)C(C)CN. The molecule has 0 radical (unpaired) electrons. The van der Waals surface area contributed by atoms with E-state index in [0.29, 0.717) is 13.2 Å². The third-order valence-electron chi connectivity index (χ3n) is 2.39. The van der Waals surface area contributed by atoms with Crippen molar-refractivity contribution in [3.8, 4) is 5.75 Å². The van der Waals surface area contributed by atoms with Crippen LogP contribution in [0.4, 0.5) is 5.82 Å². The van der Waals surface area contributed by atoms with E-state index in [2.05, 4.69) is 11.9 Å². The van der Waals surface area contributed by atoms with E-state index in [4.69, 9.17) is 10.5 Å². The summed E-state index contributed by atoms with van der Waals surface area (Å²) in [5.41, 5.74) is 5.62. The van der Waals surface area contributed by atoms with E-state index >= 15 is 0 Å². The molecule has 4 heteroatoms. The van der Waals surface area contributed by atoms with Gasteiger partial charge in [-0.05, 0) is 26.0 Å². The molecular formula is C11H19N3O. The largest absolute Gasteiger partial charge is 0.490 e. The number of anilines is 1. The molecule has 0 bridgehead atoms. The predicted octanol–water partition coefficient (Wildman–Crippen LogP) is 1.26. The van der Waals surface area contributed by atoms with Crippen molar-refractivity contribution in [2.45, 2.75) is 19.9 Å². The molecule has 0 aromatic carbocycles.